The van der Waals surface area contributed by atoms with Crippen LogP contribution in [0.5, 0.6) is 0 Å². The Kier molecular flexibility index (Phi) is 6.04. The second-order valence-electron chi connectivity index (χ2n) is 3.90. The van der Waals surface area contributed by atoms with Gasteiger partial charge < -0.3 is 15.0 Å². The van der Waals surface area contributed by atoms with Crippen LogP contribution in [0.1, 0.15) is 26.2 Å². The molecule has 1 aromatic rings. The van der Waals surface area contributed by atoms with E-state index in [2.05, 4.69) is 14.9 Å². The SMILES string of the molecule is CC(O)CCNCCCCn1ccnc1. The zero-order valence-electron chi connectivity index (χ0n) is 9.39. The predicted molar refractivity (Wildman–Crippen MR) is 60.6 cm³/mol. The van der Waals surface area contributed by atoms with Crippen molar-refractivity contribution < 1.29 is 5.11 Å². The van der Waals surface area contributed by atoms with Gasteiger partial charge in [-0.3, -0.25) is 0 Å². The van der Waals surface area contributed by atoms with Gasteiger partial charge in [-0.2, -0.15) is 0 Å². The summed E-state index contributed by atoms with van der Waals surface area (Å²) in [5.74, 6) is 0. The first-order valence-corrected chi connectivity index (χ1v) is 5.63. The quantitative estimate of drug-likeness (QED) is 0.631. The monoisotopic (exact) mass is 211 g/mol. The first kappa shape index (κ1) is 12.2. The first-order chi connectivity index (χ1) is 7.29. The third-order valence-corrected chi connectivity index (χ3v) is 2.32. The van der Waals surface area contributed by atoms with Gasteiger partial charge in [0, 0.05) is 18.9 Å². The minimum absolute atomic E-state index is 0.191. The van der Waals surface area contributed by atoms with Crippen molar-refractivity contribution in [2.24, 2.45) is 0 Å². The van der Waals surface area contributed by atoms with Gasteiger partial charge in [0.25, 0.3) is 0 Å². The van der Waals surface area contributed by atoms with E-state index in [1.165, 1.54) is 0 Å². The van der Waals surface area contributed by atoms with Crippen LogP contribution in [0.2, 0.25) is 0 Å². The van der Waals surface area contributed by atoms with Crippen molar-refractivity contribution in [2.45, 2.75) is 38.8 Å². The van der Waals surface area contributed by atoms with Crippen LogP contribution in [0, 0.1) is 0 Å². The predicted octanol–water partition coefficient (Wildman–Crippen LogP) is 1.02. The van der Waals surface area contributed by atoms with Gasteiger partial charge >= 0.3 is 0 Å². The fraction of sp³-hybridized carbons (Fsp3) is 0.727. The molecule has 0 fully saturated rings. The Morgan fingerprint density at radius 1 is 1.40 bits per heavy atom. The molecule has 0 bridgehead atoms. The number of nitrogens with zero attached hydrogens (tertiary/aromatic N) is 2. The largest absolute Gasteiger partial charge is 0.393 e. The molecule has 0 radical (unpaired) electrons. The Hall–Kier alpha value is -0.870. The van der Waals surface area contributed by atoms with Crippen LogP contribution in [0.4, 0.5) is 0 Å². The smallest absolute Gasteiger partial charge is 0.0945 e. The summed E-state index contributed by atoms with van der Waals surface area (Å²) >= 11 is 0. The van der Waals surface area contributed by atoms with Crippen molar-refractivity contribution in [1.29, 1.82) is 0 Å². The molecule has 0 saturated heterocycles. The highest BCUT2D eigenvalue weighted by molar-refractivity contribution is 4.73. The lowest BCUT2D eigenvalue weighted by Crippen LogP contribution is -2.20. The van der Waals surface area contributed by atoms with Crippen molar-refractivity contribution in [3.05, 3.63) is 18.7 Å². The molecule has 0 amide bonds. The molecule has 1 heterocycles. The van der Waals surface area contributed by atoms with E-state index >= 15 is 0 Å². The average molecular weight is 211 g/mol. The summed E-state index contributed by atoms with van der Waals surface area (Å²) in [5, 5.41) is 12.3. The summed E-state index contributed by atoms with van der Waals surface area (Å²) in [5.41, 5.74) is 0. The van der Waals surface area contributed by atoms with E-state index in [-0.39, 0.29) is 6.10 Å². The van der Waals surface area contributed by atoms with E-state index in [1.54, 1.807) is 6.20 Å². The van der Waals surface area contributed by atoms with Crippen LogP contribution in [-0.2, 0) is 6.54 Å². The Labute approximate surface area is 91.3 Å². The van der Waals surface area contributed by atoms with E-state index < -0.39 is 0 Å². The molecule has 0 aliphatic carbocycles. The normalized spacial score (nSPS) is 12.9. The molecule has 15 heavy (non-hydrogen) atoms. The van der Waals surface area contributed by atoms with Gasteiger partial charge in [-0.05, 0) is 39.3 Å². The summed E-state index contributed by atoms with van der Waals surface area (Å²) in [7, 11) is 0. The Balaban J connectivity index is 1.85. The highest BCUT2D eigenvalue weighted by Crippen LogP contribution is 1.94. The first-order valence-electron chi connectivity index (χ1n) is 5.63. The van der Waals surface area contributed by atoms with Gasteiger partial charge in [0.1, 0.15) is 0 Å². The van der Waals surface area contributed by atoms with Gasteiger partial charge in [0.15, 0.2) is 0 Å². The lowest BCUT2D eigenvalue weighted by atomic mass is 10.2. The highest BCUT2D eigenvalue weighted by atomic mass is 16.3. The number of aliphatic hydroxyl groups is 1. The standard InChI is InChI=1S/C11H21N3O/c1-11(15)4-6-12-5-2-3-8-14-9-7-13-10-14/h7,9-12,15H,2-6,8H2,1H3. The molecule has 4 heteroatoms. The lowest BCUT2D eigenvalue weighted by Gasteiger charge is -2.06. The van der Waals surface area contributed by atoms with Gasteiger partial charge in [0.05, 0.1) is 12.4 Å². The number of aliphatic hydroxyl groups excluding tert-OH is 1. The number of rotatable bonds is 8. The topological polar surface area (TPSA) is 50.1 Å². The van der Waals surface area contributed by atoms with E-state index in [0.29, 0.717) is 0 Å². The second-order valence-corrected chi connectivity index (χ2v) is 3.90. The van der Waals surface area contributed by atoms with Crippen LogP contribution in [0.15, 0.2) is 18.7 Å². The summed E-state index contributed by atoms with van der Waals surface area (Å²) < 4.78 is 2.09. The highest BCUT2D eigenvalue weighted by Gasteiger charge is 1.94. The third kappa shape index (κ3) is 6.25. The summed E-state index contributed by atoms with van der Waals surface area (Å²) in [4.78, 5) is 3.99. The zero-order valence-corrected chi connectivity index (χ0v) is 9.39. The van der Waals surface area contributed by atoms with Gasteiger partial charge in [-0.1, -0.05) is 0 Å². The molecule has 1 aromatic heterocycles. The summed E-state index contributed by atoms with van der Waals surface area (Å²) in [6.07, 6.45) is 8.61. The van der Waals surface area contributed by atoms with E-state index in [0.717, 1.165) is 38.9 Å². The zero-order chi connectivity index (χ0) is 10.9. The molecule has 0 aromatic carbocycles. The molecule has 4 nitrogen and oxygen atoms in total. The lowest BCUT2D eigenvalue weighted by molar-refractivity contribution is 0.184. The van der Waals surface area contributed by atoms with Crippen molar-refractivity contribution in [3.8, 4) is 0 Å². The number of hydrogen-bond donors (Lipinski definition) is 2. The maximum atomic E-state index is 9.03. The minimum Gasteiger partial charge on any atom is -0.393 e. The fourth-order valence-electron chi connectivity index (χ4n) is 1.40. The fourth-order valence-corrected chi connectivity index (χ4v) is 1.40. The molecule has 1 unspecified atom stereocenters. The maximum absolute atomic E-state index is 9.03. The van der Waals surface area contributed by atoms with Gasteiger partial charge in [0.2, 0.25) is 0 Å². The van der Waals surface area contributed by atoms with Gasteiger partial charge in [-0.15, -0.1) is 0 Å². The molecular weight excluding hydrogens is 190 g/mol. The number of hydrogen-bond acceptors (Lipinski definition) is 3. The molecule has 1 atom stereocenters. The number of imidazole rings is 1. The van der Waals surface area contributed by atoms with E-state index in [4.69, 9.17) is 5.11 Å². The van der Waals surface area contributed by atoms with Crippen LogP contribution >= 0.6 is 0 Å². The van der Waals surface area contributed by atoms with Crippen molar-refractivity contribution in [2.75, 3.05) is 13.1 Å². The molecule has 1 rings (SSSR count). The Morgan fingerprint density at radius 2 is 2.27 bits per heavy atom. The molecule has 0 aliphatic rings. The van der Waals surface area contributed by atoms with Crippen molar-refractivity contribution in [1.82, 2.24) is 14.9 Å². The van der Waals surface area contributed by atoms with Gasteiger partial charge in [-0.25, -0.2) is 4.98 Å². The average Bonchev–Trinajstić information content (AvgIpc) is 2.68. The van der Waals surface area contributed by atoms with Crippen molar-refractivity contribution >= 4 is 0 Å². The molecule has 0 aliphatic heterocycles. The maximum Gasteiger partial charge on any atom is 0.0945 e. The second kappa shape index (κ2) is 7.43. The summed E-state index contributed by atoms with van der Waals surface area (Å²) in [6, 6.07) is 0. The Morgan fingerprint density at radius 3 is 2.93 bits per heavy atom. The number of aryl methyl sites for hydroxylation is 1. The Bertz CT molecular complexity index is 234. The van der Waals surface area contributed by atoms with Crippen molar-refractivity contribution in [3.63, 3.8) is 0 Å². The molecule has 0 saturated carbocycles. The minimum atomic E-state index is -0.191. The molecule has 86 valence electrons. The van der Waals surface area contributed by atoms with Crippen LogP contribution in [-0.4, -0.2) is 33.9 Å². The number of nitrogens with one attached hydrogen (secondary N) is 1. The molecule has 0 spiro atoms. The number of aromatic nitrogens is 2. The third-order valence-electron chi connectivity index (χ3n) is 2.32. The molecule has 2 N–H and O–H groups in total. The number of unbranched alkanes of at least 4 members (excludes halogenated alkanes) is 1. The van der Waals surface area contributed by atoms with E-state index in [9.17, 15) is 0 Å². The van der Waals surface area contributed by atoms with Crippen LogP contribution in [0.25, 0.3) is 0 Å². The van der Waals surface area contributed by atoms with E-state index in [1.807, 2.05) is 19.4 Å². The summed E-state index contributed by atoms with van der Waals surface area (Å²) in [6.45, 7) is 4.79. The van der Waals surface area contributed by atoms with Crippen LogP contribution < -0.4 is 5.32 Å². The molecular formula is C11H21N3O. The van der Waals surface area contributed by atoms with Crippen LogP contribution in [0.3, 0.4) is 0 Å².